The molecule has 1 aliphatic carbocycles. The molecular weight excluding hydrogens is 260 g/mol. The zero-order chi connectivity index (χ0) is 13.7. The van der Waals surface area contributed by atoms with Gasteiger partial charge in [-0.05, 0) is 25.7 Å². The molecule has 17 heavy (non-hydrogen) atoms. The third kappa shape index (κ3) is 52.8. The van der Waals surface area contributed by atoms with Crippen LogP contribution < -0.4 is 0 Å². The van der Waals surface area contributed by atoms with Gasteiger partial charge in [0.1, 0.15) is 27.2 Å². The van der Waals surface area contributed by atoms with Crippen molar-refractivity contribution < 1.29 is 36.5 Å². The van der Waals surface area contributed by atoms with Gasteiger partial charge in [0.2, 0.25) is 0 Å². The van der Waals surface area contributed by atoms with E-state index in [0.717, 1.165) is 0 Å². The van der Waals surface area contributed by atoms with Crippen molar-refractivity contribution in [1.29, 1.82) is 0 Å². The molecule has 5 heteroatoms. The Bertz CT molecular complexity index is 127. The van der Waals surface area contributed by atoms with Crippen LogP contribution in [0, 0.1) is 0 Å². The predicted octanol–water partition coefficient (Wildman–Crippen LogP) is 1.93. The normalized spacial score (nSPS) is 12.2. The van der Waals surface area contributed by atoms with E-state index < -0.39 is 0 Å². The molecule has 4 nitrogen and oxygen atoms in total. The topological polar surface area (TPSA) is 68.3 Å². The van der Waals surface area contributed by atoms with Crippen LogP contribution in [-0.2, 0) is 36.5 Å². The van der Waals surface area contributed by atoms with Crippen LogP contribution in [0.1, 0.15) is 25.7 Å². The Morgan fingerprint density at radius 2 is 0.588 bits per heavy atom. The first kappa shape index (κ1) is 29.6. The predicted molar refractivity (Wildman–Crippen MR) is 65.2 cm³/mol. The summed E-state index contributed by atoms with van der Waals surface area (Å²) in [6.07, 6.45) is 14.0. The standard InChI is InChI=1S/C8H12.4CH2O.Cr/c1-2-4-6-8-7-5-3-1;4*1-2;/h1-2,7-8H,3-6H2;4*1H2;/b2-1-,8-7?;;;;;. The van der Waals surface area contributed by atoms with E-state index in [-0.39, 0.29) is 17.4 Å². The monoisotopic (exact) mass is 280 g/mol. The molecule has 0 atom stereocenters. The van der Waals surface area contributed by atoms with E-state index in [4.69, 9.17) is 19.2 Å². The van der Waals surface area contributed by atoms with Crippen LogP contribution in [0.4, 0.5) is 0 Å². The minimum atomic E-state index is 0. The fraction of sp³-hybridized carbons (Fsp3) is 0.333. The van der Waals surface area contributed by atoms with Crippen molar-refractivity contribution in [3.63, 3.8) is 0 Å². The molecule has 0 saturated carbocycles. The summed E-state index contributed by atoms with van der Waals surface area (Å²) in [6, 6.07) is 0. The molecule has 0 unspecified atom stereocenters. The number of hydrogen-bond donors (Lipinski definition) is 0. The summed E-state index contributed by atoms with van der Waals surface area (Å²) in [5.74, 6) is 0. The minimum absolute atomic E-state index is 0. The molecule has 0 radical (unpaired) electrons. The molecule has 0 saturated heterocycles. The van der Waals surface area contributed by atoms with E-state index in [1.807, 2.05) is 27.2 Å². The van der Waals surface area contributed by atoms with Crippen molar-refractivity contribution in [1.82, 2.24) is 0 Å². The van der Waals surface area contributed by atoms with Gasteiger partial charge in [-0.2, -0.15) is 0 Å². The van der Waals surface area contributed by atoms with Gasteiger partial charge in [0.05, 0.1) is 0 Å². The first-order chi connectivity index (χ1) is 8.00. The molecule has 0 bridgehead atoms. The van der Waals surface area contributed by atoms with E-state index in [2.05, 4.69) is 24.3 Å². The van der Waals surface area contributed by atoms with Gasteiger partial charge in [-0.25, -0.2) is 0 Å². The number of allylic oxidation sites excluding steroid dienone is 4. The average Bonchev–Trinajstić information content (AvgIpc) is 2.38. The van der Waals surface area contributed by atoms with E-state index >= 15 is 0 Å². The van der Waals surface area contributed by atoms with Crippen LogP contribution in [0.5, 0.6) is 0 Å². The Hall–Kier alpha value is -1.31. The van der Waals surface area contributed by atoms with Gasteiger partial charge in [0.15, 0.2) is 0 Å². The van der Waals surface area contributed by atoms with Crippen LogP contribution in [-0.4, -0.2) is 27.2 Å². The van der Waals surface area contributed by atoms with Gasteiger partial charge in [-0.1, -0.05) is 24.3 Å². The number of rotatable bonds is 0. The first-order valence-electron chi connectivity index (χ1n) is 4.45. The summed E-state index contributed by atoms with van der Waals surface area (Å²) in [4.78, 5) is 32.0. The molecule has 0 aliphatic heterocycles. The van der Waals surface area contributed by atoms with Crippen LogP contribution in [0.3, 0.4) is 0 Å². The molecule has 0 spiro atoms. The number of carbonyl (C=O) groups excluding carboxylic acids is 4. The van der Waals surface area contributed by atoms with E-state index in [9.17, 15) is 0 Å². The summed E-state index contributed by atoms with van der Waals surface area (Å²) in [7, 11) is 0. The second-order valence-electron chi connectivity index (χ2n) is 2.10. The van der Waals surface area contributed by atoms with Gasteiger partial charge in [0.25, 0.3) is 0 Å². The Balaban J connectivity index is -0.0000000462. The van der Waals surface area contributed by atoms with Gasteiger partial charge in [-0.15, -0.1) is 0 Å². The van der Waals surface area contributed by atoms with Crippen molar-refractivity contribution in [3.05, 3.63) is 24.3 Å². The second-order valence-corrected chi connectivity index (χ2v) is 2.10. The van der Waals surface area contributed by atoms with Crippen molar-refractivity contribution in [2.24, 2.45) is 0 Å². The van der Waals surface area contributed by atoms with E-state index in [1.165, 1.54) is 25.7 Å². The van der Waals surface area contributed by atoms with Crippen molar-refractivity contribution in [3.8, 4) is 0 Å². The molecule has 0 amide bonds. The Morgan fingerprint density at radius 1 is 0.471 bits per heavy atom. The molecule has 98 valence electrons. The minimum Gasteiger partial charge on any atom is -0.307 e. The maximum Gasteiger partial charge on any atom is 0.106 e. The third-order valence-corrected chi connectivity index (χ3v) is 1.33. The fourth-order valence-corrected chi connectivity index (χ4v) is 0.856. The first-order valence-corrected chi connectivity index (χ1v) is 4.45. The maximum absolute atomic E-state index is 8.00. The quantitative estimate of drug-likeness (QED) is 0.636. The number of hydrogen-bond acceptors (Lipinski definition) is 4. The average molecular weight is 280 g/mol. The summed E-state index contributed by atoms with van der Waals surface area (Å²) in [5.41, 5.74) is 0. The van der Waals surface area contributed by atoms with Gasteiger partial charge < -0.3 is 19.2 Å². The Kier molecular flexibility index (Phi) is 107. The van der Waals surface area contributed by atoms with E-state index in [0.29, 0.717) is 0 Å². The molecule has 0 aromatic heterocycles. The molecule has 0 N–H and O–H groups in total. The van der Waals surface area contributed by atoms with Gasteiger partial charge in [-0.3, -0.25) is 0 Å². The largest absolute Gasteiger partial charge is 0.307 e. The second kappa shape index (κ2) is 61.5. The Morgan fingerprint density at radius 3 is 0.706 bits per heavy atom. The zero-order valence-electron chi connectivity index (χ0n) is 10.0. The SMILES string of the molecule is C1=CCC/C=C\CC1.C=O.C=O.C=O.C=O.[Cr]. The third-order valence-electron chi connectivity index (χ3n) is 1.33. The maximum atomic E-state index is 8.00. The summed E-state index contributed by atoms with van der Waals surface area (Å²) in [6.45, 7) is 8.00. The van der Waals surface area contributed by atoms with Crippen molar-refractivity contribution in [2.45, 2.75) is 25.7 Å². The molecule has 1 rings (SSSR count). The smallest absolute Gasteiger partial charge is 0.106 e. The molecule has 0 heterocycles. The Labute approximate surface area is 114 Å². The van der Waals surface area contributed by atoms with Crippen LogP contribution in [0.15, 0.2) is 24.3 Å². The molecule has 0 fully saturated rings. The van der Waals surface area contributed by atoms with Crippen LogP contribution in [0.2, 0.25) is 0 Å². The molecule has 1 aliphatic rings. The molecular formula is C12H20CrO4. The summed E-state index contributed by atoms with van der Waals surface area (Å²) in [5, 5.41) is 0. The van der Waals surface area contributed by atoms with Crippen molar-refractivity contribution in [2.75, 3.05) is 0 Å². The number of carbonyl (C=O) groups is 4. The molecule has 0 aromatic rings. The van der Waals surface area contributed by atoms with Crippen LogP contribution in [0.25, 0.3) is 0 Å². The zero-order valence-corrected chi connectivity index (χ0v) is 11.3. The van der Waals surface area contributed by atoms with Crippen molar-refractivity contribution >= 4 is 27.2 Å². The van der Waals surface area contributed by atoms with Crippen LogP contribution >= 0.6 is 0 Å². The van der Waals surface area contributed by atoms with Gasteiger partial charge >= 0.3 is 0 Å². The molecule has 0 aromatic carbocycles. The summed E-state index contributed by atoms with van der Waals surface area (Å²) < 4.78 is 0. The summed E-state index contributed by atoms with van der Waals surface area (Å²) >= 11 is 0. The van der Waals surface area contributed by atoms with Gasteiger partial charge in [0, 0.05) is 17.4 Å². The fourth-order valence-electron chi connectivity index (χ4n) is 0.856. The van der Waals surface area contributed by atoms with E-state index in [1.54, 1.807) is 0 Å².